The van der Waals surface area contributed by atoms with E-state index < -0.39 is 0 Å². The van der Waals surface area contributed by atoms with Crippen LogP contribution in [0.15, 0.2) is 78.2 Å². The number of aromatic nitrogens is 1. The van der Waals surface area contributed by atoms with Crippen molar-refractivity contribution in [3.05, 3.63) is 89.3 Å². The summed E-state index contributed by atoms with van der Waals surface area (Å²) in [4.78, 5) is 31.5. The maximum atomic E-state index is 12.8. The Morgan fingerprint density at radius 3 is 2.31 bits per heavy atom. The number of hydrogen-bond donors (Lipinski definition) is 1. The van der Waals surface area contributed by atoms with Crippen molar-refractivity contribution < 1.29 is 14.3 Å². The number of para-hydroxylation sites is 2. The highest BCUT2D eigenvalue weighted by Crippen LogP contribution is 2.34. The van der Waals surface area contributed by atoms with Gasteiger partial charge in [-0.1, -0.05) is 36.4 Å². The molecule has 0 unspecified atom stereocenters. The SMILES string of the molecule is Br.COc1ccccc1Nc1nc(-c2cccc(N3C(=O)c4ccccc4C3=O)c2)cs1. The number of imide groups is 1. The summed E-state index contributed by atoms with van der Waals surface area (Å²) in [5.41, 5.74) is 3.77. The van der Waals surface area contributed by atoms with Gasteiger partial charge in [-0.05, 0) is 36.4 Å². The van der Waals surface area contributed by atoms with Crippen molar-refractivity contribution in [3.63, 3.8) is 0 Å². The molecule has 0 radical (unpaired) electrons. The fraction of sp³-hybridized carbons (Fsp3) is 0.0417. The van der Waals surface area contributed by atoms with Crippen LogP contribution in [0.25, 0.3) is 11.3 Å². The Bertz CT molecular complexity index is 1290. The number of nitrogens with zero attached hydrogens (tertiary/aromatic N) is 2. The lowest BCUT2D eigenvalue weighted by Crippen LogP contribution is -2.29. The second kappa shape index (κ2) is 8.94. The normalized spacial score (nSPS) is 12.3. The lowest BCUT2D eigenvalue weighted by Gasteiger charge is -2.14. The van der Waals surface area contributed by atoms with E-state index in [0.717, 1.165) is 22.7 Å². The van der Waals surface area contributed by atoms with Gasteiger partial charge in [-0.2, -0.15) is 0 Å². The van der Waals surface area contributed by atoms with Crippen LogP contribution in [0, 0.1) is 0 Å². The van der Waals surface area contributed by atoms with Crippen LogP contribution in [0.2, 0.25) is 0 Å². The van der Waals surface area contributed by atoms with E-state index in [2.05, 4.69) is 10.3 Å². The number of hydrogen-bond acceptors (Lipinski definition) is 6. The number of benzene rings is 3. The van der Waals surface area contributed by atoms with Crippen molar-refractivity contribution in [2.24, 2.45) is 0 Å². The van der Waals surface area contributed by atoms with Gasteiger partial charge in [0, 0.05) is 10.9 Å². The standard InChI is InChI=1S/C24H17N3O3S.BrH/c1-30-21-12-5-4-11-19(21)25-24-26-20(14-31-24)15-7-6-8-16(13-15)27-22(28)17-9-2-3-10-18(17)23(27)29;/h2-14H,1H3,(H,25,26);1H. The van der Waals surface area contributed by atoms with Crippen LogP contribution >= 0.6 is 28.3 Å². The lowest BCUT2D eigenvalue weighted by atomic mass is 10.1. The summed E-state index contributed by atoms with van der Waals surface area (Å²) in [5.74, 6) is 0.107. The summed E-state index contributed by atoms with van der Waals surface area (Å²) in [6.07, 6.45) is 0. The molecule has 1 aliphatic rings. The highest BCUT2D eigenvalue weighted by molar-refractivity contribution is 8.93. The zero-order valence-corrected chi connectivity index (χ0v) is 19.5. The van der Waals surface area contributed by atoms with E-state index in [1.807, 2.05) is 47.8 Å². The Morgan fingerprint density at radius 2 is 1.59 bits per heavy atom. The summed E-state index contributed by atoms with van der Waals surface area (Å²) in [6.45, 7) is 0. The number of carbonyl (C=O) groups excluding carboxylic acids is 2. The molecule has 1 N–H and O–H groups in total. The van der Waals surface area contributed by atoms with Crippen molar-refractivity contribution in [2.75, 3.05) is 17.3 Å². The fourth-order valence-electron chi connectivity index (χ4n) is 3.55. The highest BCUT2D eigenvalue weighted by atomic mass is 79.9. The topological polar surface area (TPSA) is 71.5 Å². The fourth-order valence-corrected chi connectivity index (χ4v) is 4.29. The Labute approximate surface area is 199 Å². The second-order valence-electron chi connectivity index (χ2n) is 6.90. The molecular weight excluding hydrogens is 490 g/mol. The van der Waals surface area contributed by atoms with Gasteiger partial charge in [0.25, 0.3) is 11.8 Å². The zero-order valence-electron chi connectivity index (χ0n) is 16.9. The summed E-state index contributed by atoms with van der Waals surface area (Å²) in [6, 6.07) is 21.8. The predicted octanol–water partition coefficient (Wildman–Crippen LogP) is 5.94. The molecule has 1 aliphatic heterocycles. The van der Waals surface area contributed by atoms with Crippen molar-refractivity contribution in [3.8, 4) is 17.0 Å². The third-order valence-electron chi connectivity index (χ3n) is 5.05. The van der Waals surface area contributed by atoms with E-state index in [-0.39, 0.29) is 28.8 Å². The molecule has 160 valence electrons. The van der Waals surface area contributed by atoms with Crippen molar-refractivity contribution in [2.45, 2.75) is 0 Å². The first kappa shape index (κ1) is 21.7. The molecule has 0 atom stereocenters. The molecule has 0 bridgehead atoms. The van der Waals surface area contributed by atoms with Crippen LogP contribution in [0.1, 0.15) is 20.7 Å². The van der Waals surface area contributed by atoms with E-state index in [1.165, 1.54) is 16.2 Å². The summed E-state index contributed by atoms with van der Waals surface area (Å²) in [7, 11) is 1.62. The number of thiazole rings is 1. The van der Waals surface area contributed by atoms with E-state index in [1.54, 1.807) is 37.4 Å². The molecular formula is C24H18BrN3O3S. The summed E-state index contributed by atoms with van der Waals surface area (Å²) >= 11 is 1.46. The minimum absolute atomic E-state index is 0. The van der Waals surface area contributed by atoms with Crippen LogP contribution in [0.4, 0.5) is 16.5 Å². The van der Waals surface area contributed by atoms with Gasteiger partial charge in [-0.3, -0.25) is 9.59 Å². The minimum Gasteiger partial charge on any atom is -0.495 e. The first-order valence-electron chi connectivity index (χ1n) is 9.59. The van der Waals surface area contributed by atoms with Crippen LogP contribution in [0.5, 0.6) is 5.75 Å². The largest absolute Gasteiger partial charge is 0.495 e. The molecule has 2 amide bonds. The molecule has 4 aromatic rings. The summed E-state index contributed by atoms with van der Waals surface area (Å²) < 4.78 is 5.37. The highest BCUT2D eigenvalue weighted by Gasteiger charge is 2.36. The predicted molar refractivity (Wildman–Crippen MR) is 132 cm³/mol. The number of halogens is 1. The van der Waals surface area contributed by atoms with Crippen molar-refractivity contribution in [1.82, 2.24) is 4.98 Å². The van der Waals surface area contributed by atoms with Gasteiger partial charge in [0.05, 0.1) is 35.3 Å². The number of amides is 2. The molecule has 6 nitrogen and oxygen atoms in total. The molecule has 3 aromatic carbocycles. The number of ether oxygens (including phenoxy) is 1. The van der Waals surface area contributed by atoms with Crippen LogP contribution in [-0.2, 0) is 0 Å². The number of fused-ring (bicyclic) bond motifs is 1. The first-order valence-corrected chi connectivity index (χ1v) is 10.5. The maximum absolute atomic E-state index is 12.8. The first-order chi connectivity index (χ1) is 15.2. The van der Waals surface area contributed by atoms with Crippen LogP contribution in [0.3, 0.4) is 0 Å². The number of methoxy groups -OCH3 is 1. The lowest BCUT2D eigenvalue weighted by molar-refractivity contribution is 0.0926. The average molecular weight is 508 g/mol. The average Bonchev–Trinajstić information content (AvgIpc) is 3.37. The Balaban J connectivity index is 0.00000245. The van der Waals surface area contributed by atoms with Gasteiger partial charge in [0.1, 0.15) is 5.75 Å². The van der Waals surface area contributed by atoms with E-state index in [4.69, 9.17) is 4.74 Å². The maximum Gasteiger partial charge on any atom is 0.266 e. The van der Waals surface area contributed by atoms with Crippen LogP contribution < -0.4 is 15.0 Å². The Hall–Kier alpha value is -3.49. The van der Waals surface area contributed by atoms with E-state index >= 15 is 0 Å². The molecule has 0 saturated carbocycles. The number of carbonyl (C=O) groups is 2. The van der Waals surface area contributed by atoms with Crippen LogP contribution in [-0.4, -0.2) is 23.9 Å². The third-order valence-corrected chi connectivity index (χ3v) is 5.80. The smallest absolute Gasteiger partial charge is 0.266 e. The van der Waals surface area contributed by atoms with E-state index in [9.17, 15) is 9.59 Å². The number of anilines is 3. The molecule has 1 aromatic heterocycles. The van der Waals surface area contributed by atoms with Crippen molar-refractivity contribution >= 4 is 56.6 Å². The van der Waals surface area contributed by atoms with Gasteiger partial charge < -0.3 is 10.1 Å². The second-order valence-corrected chi connectivity index (χ2v) is 7.76. The number of rotatable bonds is 5. The quantitative estimate of drug-likeness (QED) is 0.338. The Morgan fingerprint density at radius 1 is 0.906 bits per heavy atom. The molecule has 32 heavy (non-hydrogen) atoms. The zero-order chi connectivity index (χ0) is 21.4. The molecule has 0 aliphatic carbocycles. The molecule has 8 heteroatoms. The van der Waals surface area contributed by atoms with Crippen molar-refractivity contribution in [1.29, 1.82) is 0 Å². The Kier molecular flexibility index (Phi) is 6.07. The van der Waals surface area contributed by atoms with Gasteiger partial charge in [0.2, 0.25) is 0 Å². The summed E-state index contributed by atoms with van der Waals surface area (Å²) in [5, 5.41) is 5.92. The molecule has 0 saturated heterocycles. The van der Waals surface area contributed by atoms with Gasteiger partial charge in [0.15, 0.2) is 5.13 Å². The van der Waals surface area contributed by atoms with Gasteiger partial charge in [-0.15, -0.1) is 28.3 Å². The monoisotopic (exact) mass is 507 g/mol. The third kappa shape index (κ3) is 3.79. The van der Waals surface area contributed by atoms with E-state index in [0.29, 0.717) is 21.9 Å². The molecule has 0 spiro atoms. The molecule has 0 fully saturated rings. The molecule has 2 heterocycles. The molecule has 5 rings (SSSR count). The van der Waals surface area contributed by atoms with Gasteiger partial charge in [-0.25, -0.2) is 9.88 Å². The minimum atomic E-state index is -0.311. The number of nitrogens with one attached hydrogen (secondary N) is 1. The van der Waals surface area contributed by atoms with Gasteiger partial charge >= 0.3 is 0 Å².